The monoisotopic (exact) mass is 219 g/mol. The van der Waals surface area contributed by atoms with Gasteiger partial charge < -0.3 is 0 Å². The zero-order valence-corrected chi connectivity index (χ0v) is 8.40. The molecule has 0 unspecified atom stereocenters. The van der Waals surface area contributed by atoms with Gasteiger partial charge in [-0.3, -0.25) is 4.79 Å². The summed E-state index contributed by atoms with van der Waals surface area (Å²) in [6.45, 7) is 0.0707. The van der Waals surface area contributed by atoms with Crippen LogP contribution in [0.2, 0.25) is 5.02 Å². The molecule has 0 atom stereocenters. The van der Waals surface area contributed by atoms with Crippen molar-refractivity contribution in [2.75, 3.05) is 6.54 Å². The van der Waals surface area contributed by atoms with Crippen LogP contribution in [-0.4, -0.2) is 12.8 Å². The smallest absolute Gasteiger partial charge is 0.152 e. The van der Waals surface area contributed by atoms with Gasteiger partial charge in [-0.05, 0) is 17.7 Å². The van der Waals surface area contributed by atoms with Gasteiger partial charge in [0, 0.05) is 16.0 Å². The Morgan fingerprint density at radius 3 is 3.07 bits per heavy atom. The number of hydrogen-bond acceptors (Lipinski definition) is 2. The molecule has 15 heavy (non-hydrogen) atoms. The molecule has 1 aromatic rings. The summed E-state index contributed by atoms with van der Waals surface area (Å²) in [7, 11) is 0. The first-order chi connectivity index (χ1) is 7.29. The van der Waals surface area contributed by atoms with Gasteiger partial charge in [0.15, 0.2) is 6.29 Å². The van der Waals surface area contributed by atoms with Crippen LogP contribution in [0.3, 0.4) is 0 Å². The fourth-order valence-corrected chi connectivity index (χ4v) is 1.19. The van der Waals surface area contributed by atoms with E-state index in [4.69, 9.17) is 17.1 Å². The van der Waals surface area contributed by atoms with Crippen LogP contribution in [0.5, 0.6) is 0 Å². The third-order valence-electron chi connectivity index (χ3n) is 1.61. The molecule has 0 aliphatic rings. The van der Waals surface area contributed by atoms with Crippen molar-refractivity contribution in [1.82, 2.24) is 0 Å². The van der Waals surface area contributed by atoms with Gasteiger partial charge in [0.25, 0.3) is 0 Å². The zero-order valence-electron chi connectivity index (χ0n) is 7.64. The summed E-state index contributed by atoms with van der Waals surface area (Å²) in [6.07, 6.45) is 0.653. The summed E-state index contributed by atoms with van der Waals surface area (Å²) < 4.78 is 0. The maximum absolute atomic E-state index is 10.7. The SMILES string of the molecule is [N-]=[N+]=NCC#Cc1cccc(Cl)c1C=O. The first-order valence-corrected chi connectivity index (χ1v) is 4.41. The molecule has 1 rings (SSSR count). The van der Waals surface area contributed by atoms with Crippen LogP contribution in [0.4, 0.5) is 0 Å². The van der Waals surface area contributed by atoms with Crippen molar-refractivity contribution in [3.05, 3.63) is 44.8 Å². The van der Waals surface area contributed by atoms with Gasteiger partial charge in [-0.15, -0.1) is 0 Å². The van der Waals surface area contributed by atoms with Crippen molar-refractivity contribution in [3.8, 4) is 11.8 Å². The number of nitrogens with zero attached hydrogens (tertiary/aromatic N) is 3. The molecule has 0 bridgehead atoms. The summed E-state index contributed by atoms with van der Waals surface area (Å²) in [5.74, 6) is 5.33. The van der Waals surface area contributed by atoms with Crippen LogP contribution in [-0.2, 0) is 0 Å². The van der Waals surface area contributed by atoms with E-state index in [1.165, 1.54) is 0 Å². The first-order valence-electron chi connectivity index (χ1n) is 4.03. The van der Waals surface area contributed by atoms with Crippen LogP contribution in [0.15, 0.2) is 23.3 Å². The van der Waals surface area contributed by atoms with E-state index in [1.807, 2.05) is 0 Å². The molecule has 1 aromatic carbocycles. The Morgan fingerprint density at radius 1 is 1.60 bits per heavy atom. The molecule has 74 valence electrons. The van der Waals surface area contributed by atoms with Crippen LogP contribution in [0.25, 0.3) is 10.4 Å². The molecule has 0 saturated carbocycles. The van der Waals surface area contributed by atoms with Gasteiger partial charge in [-0.1, -0.05) is 34.6 Å². The Kier molecular flexibility index (Phi) is 4.24. The number of benzene rings is 1. The first kappa shape index (κ1) is 11.1. The predicted octanol–water partition coefficient (Wildman–Crippen LogP) is 2.81. The highest BCUT2D eigenvalue weighted by Gasteiger charge is 2.02. The average Bonchev–Trinajstić information content (AvgIpc) is 2.24. The van der Waals surface area contributed by atoms with E-state index in [0.717, 1.165) is 0 Å². The molecule has 0 aliphatic carbocycles. The fraction of sp³-hybridized carbons (Fsp3) is 0.100. The minimum Gasteiger partial charge on any atom is -0.298 e. The molecule has 5 heteroatoms. The Balaban J connectivity index is 3.02. The standard InChI is InChI=1S/C10H6ClN3O/c11-10-5-1-3-8(9(10)7-15)4-2-6-13-14-12/h1,3,5,7H,6H2. The zero-order chi connectivity index (χ0) is 11.1. The van der Waals surface area contributed by atoms with Crippen molar-refractivity contribution in [3.63, 3.8) is 0 Å². The minimum atomic E-state index is 0.0707. The molecular formula is C10H6ClN3O. The minimum absolute atomic E-state index is 0.0707. The lowest BCUT2D eigenvalue weighted by atomic mass is 10.1. The number of aldehydes is 1. The largest absolute Gasteiger partial charge is 0.298 e. The fourth-order valence-electron chi connectivity index (χ4n) is 0.968. The second kappa shape index (κ2) is 5.71. The highest BCUT2D eigenvalue weighted by atomic mass is 35.5. The molecule has 0 aliphatic heterocycles. The number of carbonyl (C=O) groups excluding carboxylic acids is 1. The van der Waals surface area contributed by atoms with Gasteiger partial charge in [0.2, 0.25) is 0 Å². The Labute approximate surface area is 91.5 Å². The number of azide groups is 1. The van der Waals surface area contributed by atoms with E-state index in [1.54, 1.807) is 18.2 Å². The Bertz CT molecular complexity index is 481. The normalized spacial score (nSPS) is 8.33. The molecule has 0 radical (unpaired) electrons. The number of hydrogen-bond donors (Lipinski definition) is 0. The number of halogens is 1. The summed E-state index contributed by atoms with van der Waals surface area (Å²) >= 11 is 5.79. The maximum Gasteiger partial charge on any atom is 0.152 e. The lowest BCUT2D eigenvalue weighted by Gasteiger charge is -1.97. The van der Waals surface area contributed by atoms with Crippen molar-refractivity contribution >= 4 is 17.9 Å². The number of rotatable bonds is 2. The predicted molar refractivity (Wildman–Crippen MR) is 57.7 cm³/mol. The van der Waals surface area contributed by atoms with E-state index < -0.39 is 0 Å². The molecular weight excluding hydrogens is 214 g/mol. The third-order valence-corrected chi connectivity index (χ3v) is 1.94. The van der Waals surface area contributed by atoms with E-state index in [2.05, 4.69) is 21.9 Å². The lowest BCUT2D eigenvalue weighted by Crippen LogP contribution is -1.88. The second-order valence-electron chi connectivity index (χ2n) is 2.51. The molecule has 0 N–H and O–H groups in total. The molecule has 0 heterocycles. The van der Waals surface area contributed by atoms with E-state index >= 15 is 0 Å². The average molecular weight is 220 g/mol. The second-order valence-corrected chi connectivity index (χ2v) is 2.92. The van der Waals surface area contributed by atoms with Crippen LogP contribution in [0, 0.1) is 11.8 Å². The van der Waals surface area contributed by atoms with Crippen molar-refractivity contribution < 1.29 is 4.79 Å². The topological polar surface area (TPSA) is 65.8 Å². The maximum atomic E-state index is 10.7. The van der Waals surface area contributed by atoms with Crippen LogP contribution in [0.1, 0.15) is 15.9 Å². The van der Waals surface area contributed by atoms with Crippen LogP contribution < -0.4 is 0 Å². The van der Waals surface area contributed by atoms with E-state index in [9.17, 15) is 4.79 Å². The van der Waals surface area contributed by atoms with E-state index in [-0.39, 0.29) is 6.54 Å². The molecule has 0 fully saturated rings. The summed E-state index contributed by atoms with van der Waals surface area (Å²) in [6, 6.07) is 5.00. The Hall–Kier alpha value is -1.95. The quantitative estimate of drug-likeness (QED) is 0.248. The van der Waals surface area contributed by atoms with Gasteiger partial charge in [0.05, 0.1) is 11.6 Å². The summed E-state index contributed by atoms with van der Waals surface area (Å²) in [4.78, 5) is 13.3. The molecule has 0 amide bonds. The molecule has 0 aromatic heterocycles. The van der Waals surface area contributed by atoms with Crippen molar-refractivity contribution in [1.29, 1.82) is 0 Å². The molecule has 0 saturated heterocycles. The van der Waals surface area contributed by atoms with Gasteiger partial charge in [-0.25, -0.2) is 0 Å². The lowest BCUT2D eigenvalue weighted by molar-refractivity contribution is 0.112. The third kappa shape index (κ3) is 3.03. The van der Waals surface area contributed by atoms with E-state index in [0.29, 0.717) is 22.4 Å². The summed E-state index contributed by atoms with van der Waals surface area (Å²) in [5.41, 5.74) is 8.91. The van der Waals surface area contributed by atoms with Crippen molar-refractivity contribution in [2.24, 2.45) is 5.11 Å². The van der Waals surface area contributed by atoms with Gasteiger partial charge >= 0.3 is 0 Å². The Morgan fingerprint density at radius 2 is 2.40 bits per heavy atom. The molecule has 0 spiro atoms. The van der Waals surface area contributed by atoms with Crippen LogP contribution >= 0.6 is 11.6 Å². The van der Waals surface area contributed by atoms with Crippen molar-refractivity contribution in [2.45, 2.75) is 0 Å². The highest BCUT2D eigenvalue weighted by Crippen LogP contribution is 2.16. The number of carbonyl (C=O) groups is 1. The molecule has 4 nitrogen and oxygen atoms in total. The highest BCUT2D eigenvalue weighted by molar-refractivity contribution is 6.33. The summed E-state index contributed by atoms with van der Waals surface area (Å²) in [5, 5.41) is 3.61. The van der Waals surface area contributed by atoms with Gasteiger partial charge in [0.1, 0.15) is 0 Å². The van der Waals surface area contributed by atoms with Gasteiger partial charge in [-0.2, -0.15) is 0 Å².